The van der Waals surface area contributed by atoms with Crippen molar-refractivity contribution in [1.29, 1.82) is 0 Å². The van der Waals surface area contributed by atoms with Crippen LogP contribution in [0.15, 0.2) is 28.8 Å². The molecule has 222 valence electrons. The van der Waals surface area contributed by atoms with Gasteiger partial charge in [0, 0.05) is 36.6 Å². The summed E-state index contributed by atoms with van der Waals surface area (Å²) in [6.07, 6.45) is -1.77. The van der Waals surface area contributed by atoms with E-state index in [2.05, 4.69) is 25.7 Å². The highest BCUT2D eigenvalue weighted by Gasteiger charge is 2.43. The Hall–Kier alpha value is -3.19. The molecule has 0 spiro atoms. The fourth-order valence-electron chi connectivity index (χ4n) is 6.16. The molecule has 41 heavy (non-hydrogen) atoms. The zero-order valence-corrected chi connectivity index (χ0v) is 23.0. The van der Waals surface area contributed by atoms with E-state index in [1.54, 1.807) is 24.3 Å². The number of alkyl halides is 4. The number of carbonyl (C=O) groups is 1. The summed E-state index contributed by atoms with van der Waals surface area (Å²) < 4.78 is 62.1. The molecule has 2 saturated heterocycles. The second kappa shape index (κ2) is 11.2. The summed E-state index contributed by atoms with van der Waals surface area (Å²) in [5.41, 5.74) is 0.995. The minimum Gasteiger partial charge on any atom is -0.379 e. The quantitative estimate of drug-likeness (QED) is 0.371. The van der Waals surface area contributed by atoms with Crippen LogP contribution in [0.2, 0.25) is 0 Å². The van der Waals surface area contributed by atoms with Gasteiger partial charge in [-0.25, -0.2) is 4.39 Å². The van der Waals surface area contributed by atoms with Crippen molar-refractivity contribution < 1.29 is 26.9 Å². The third kappa shape index (κ3) is 6.35. The predicted molar refractivity (Wildman–Crippen MR) is 145 cm³/mol. The van der Waals surface area contributed by atoms with Crippen LogP contribution in [0.3, 0.4) is 0 Å². The van der Waals surface area contributed by atoms with E-state index in [0.29, 0.717) is 28.9 Å². The van der Waals surface area contributed by atoms with Gasteiger partial charge in [-0.1, -0.05) is 11.2 Å². The van der Waals surface area contributed by atoms with E-state index < -0.39 is 24.9 Å². The van der Waals surface area contributed by atoms with Gasteiger partial charge in [0.2, 0.25) is 17.6 Å². The first-order valence-corrected chi connectivity index (χ1v) is 14.3. The van der Waals surface area contributed by atoms with Crippen molar-refractivity contribution in [1.82, 2.24) is 29.8 Å². The molecule has 2 N–H and O–H groups in total. The van der Waals surface area contributed by atoms with Gasteiger partial charge in [0.05, 0.1) is 23.8 Å². The van der Waals surface area contributed by atoms with Crippen molar-refractivity contribution in [3.05, 3.63) is 30.2 Å². The first-order valence-electron chi connectivity index (χ1n) is 14.3. The summed E-state index contributed by atoms with van der Waals surface area (Å²) in [6, 6.07) is 6.10. The number of nitrogens with one attached hydrogen (secondary N) is 2. The van der Waals surface area contributed by atoms with Crippen LogP contribution in [0.1, 0.15) is 31.6 Å². The van der Waals surface area contributed by atoms with Gasteiger partial charge in [-0.2, -0.15) is 18.2 Å². The van der Waals surface area contributed by atoms with E-state index >= 15 is 0 Å². The molecule has 1 aromatic carbocycles. The molecule has 2 aliphatic heterocycles. The Morgan fingerprint density at radius 3 is 2.76 bits per heavy atom. The van der Waals surface area contributed by atoms with Gasteiger partial charge >= 0.3 is 6.18 Å². The molecule has 9 nitrogen and oxygen atoms in total. The predicted octanol–water partition coefficient (Wildman–Crippen LogP) is 4.06. The number of piperidine rings is 1. The van der Waals surface area contributed by atoms with Crippen LogP contribution >= 0.6 is 0 Å². The number of halogens is 4. The molecular weight excluding hydrogens is 542 g/mol. The maximum Gasteiger partial charge on any atom is 0.406 e. The van der Waals surface area contributed by atoms with Crippen LogP contribution in [0.4, 0.5) is 23.2 Å². The van der Waals surface area contributed by atoms with Crippen molar-refractivity contribution in [2.45, 2.75) is 57.2 Å². The van der Waals surface area contributed by atoms with Crippen LogP contribution in [-0.4, -0.2) is 88.6 Å². The lowest BCUT2D eigenvalue weighted by atomic mass is 10.0. The summed E-state index contributed by atoms with van der Waals surface area (Å²) in [4.78, 5) is 21.2. The molecule has 4 heterocycles. The summed E-state index contributed by atoms with van der Waals surface area (Å²) in [5.74, 6) is 0.345. The molecule has 0 radical (unpaired) electrons. The van der Waals surface area contributed by atoms with Crippen LogP contribution in [0.25, 0.3) is 22.4 Å². The number of hydrogen-bond donors (Lipinski definition) is 2. The van der Waals surface area contributed by atoms with Gasteiger partial charge in [0.1, 0.15) is 12.7 Å². The van der Waals surface area contributed by atoms with Crippen LogP contribution in [0.5, 0.6) is 0 Å². The van der Waals surface area contributed by atoms with E-state index in [1.165, 1.54) is 12.8 Å². The minimum atomic E-state index is -4.50. The molecule has 6 rings (SSSR count). The molecule has 13 heteroatoms. The van der Waals surface area contributed by atoms with Gasteiger partial charge in [-0.3, -0.25) is 4.79 Å². The van der Waals surface area contributed by atoms with Gasteiger partial charge in [-0.05, 0) is 69.9 Å². The second-order valence-electron chi connectivity index (χ2n) is 11.6. The Kier molecular flexibility index (Phi) is 7.66. The van der Waals surface area contributed by atoms with Crippen LogP contribution in [0, 0.1) is 11.8 Å². The normalized spacial score (nSPS) is 25.6. The molecule has 3 fully saturated rings. The molecule has 3 aromatic rings. The van der Waals surface area contributed by atoms with Gasteiger partial charge < -0.3 is 29.5 Å². The number of hydrogen-bond acceptors (Lipinski definition) is 7. The Morgan fingerprint density at radius 2 is 2.00 bits per heavy atom. The highest BCUT2D eigenvalue weighted by atomic mass is 19.4. The molecule has 0 unspecified atom stereocenters. The Morgan fingerprint density at radius 1 is 1.20 bits per heavy atom. The third-order valence-corrected chi connectivity index (χ3v) is 8.43. The molecule has 2 aromatic heterocycles. The Bertz CT molecular complexity index is 1380. The zero-order chi connectivity index (χ0) is 28.7. The Balaban J connectivity index is 1.18. The average Bonchev–Trinajstić information content (AvgIpc) is 3.26. The third-order valence-electron chi connectivity index (χ3n) is 8.43. The standard InChI is InChI=1S/C28H35F4N7O2/c1-37-10-7-22(20(29)15-37)34-21-5-4-6-23-19(21)12-24(39(23)16-28(30,31)32)26-35-25(41-36-26)13-33-27(40)18-11-17(18)14-38-8-2-3-9-38/h4-6,12,17-18,20,22,34H,2-3,7-11,13-16H2,1H3,(H,33,40)/t17-,18+,20-,22+/m0/s1. The maximum absolute atomic E-state index is 14.7. The summed E-state index contributed by atoms with van der Waals surface area (Å²) in [6.45, 7) is 2.87. The molecule has 4 atom stereocenters. The molecule has 0 bridgehead atoms. The lowest BCUT2D eigenvalue weighted by Gasteiger charge is -2.33. The zero-order valence-electron chi connectivity index (χ0n) is 23.0. The highest BCUT2D eigenvalue weighted by Crippen LogP contribution is 2.40. The molecule has 3 aliphatic rings. The Labute approximate surface area is 235 Å². The van der Waals surface area contributed by atoms with Crippen molar-refractivity contribution >= 4 is 22.5 Å². The number of likely N-dealkylation sites (tertiary alicyclic amines) is 2. The number of nitrogens with zero attached hydrogens (tertiary/aromatic N) is 5. The number of benzene rings is 1. The van der Waals surface area contributed by atoms with E-state index in [1.807, 2.05) is 11.9 Å². The average molecular weight is 578 g/mol. The summed E-state index contributed by atoms with van der Waals surface area (Å²) in [5, 5.41) is 10.5. The van der Waals surface area contributed by atoms with Gasteiger partial charge in [-0.15, -0.1) is 0 Å². The molecular formula is C28H35F4N7O2. The number of aromatic nitrogens is 3. The van der Waals surface area contributed by atoms with Crippen LogP contribution in [-0.2, 0) is 17.9 Å². The van der Waals surface area contributed by atoms with E-state index in [9.17, 15) is 22.4 Å². The highest BCUT2D eigenvalue weighted by molar-refractivity contribution is 5.96. The van der Waals surface area contributed by atoms with E-state index in [0.717, 1.165) is 37.2 Å². The van der Waals surface area contributed by atoms with E-state index in [4.69, 9.17) is 4.52 Å². The number of anilines is 1. The van der Waals surface area contributed by atoms with Gasteiger partial charge in [0.15, 0.2) is 0 Å². The number of carbonyl (C=O) groups excluding carboxylic acids is 1. The summed E-state index contributed by atoms with van der Waals surface area (Å²) >= 11 is 0. The van der Waals surface area contributed by atoms with Crippen molar-refractivity contribution in [2.75, 3.05) is 45.1 Å². The van der Waals surface area contributed by atoms with Crippen molar-refractivity contribution in [3.63, 3.8) is 0 Å². The maximum atomic E-state index is 14.7. The van der Waals surface area contributed by atoms with Gasteiger partial charge in [0.25, 0.3) is 0 Å². The molecule has 1 saturated carbocycles. The topological polar surface area (TPSA) is 91.5 Å². The van der Waals surface area contributed by atoms with Crippen LogP contribution < -0.4 is 10.6 Å². The SMILES string of the molecule is CN1CC[C@@H](Nc2cccc3c2cc(-c2noc(CNC(=O)[C@@H]4C[C@H]4CN4CCCC4)n2)n3CC(F)(F)F)[C@@H](F)C1. The number of fused-ring (bicyclic) bond motifs is 1. The fourth-order valence-corrected chi connectivity index (χ4v) is 6.16. The second-order valence-corrected chi connectivity index (χ2v) is 11.6. The minimum absolute atomic E-state index is 0.000906. The smallest absolute Gasteiger partial charge is 0.379 e. The monoisotopic (exact) mass is 577 g/mol. The summed E-state index contributed by atoms with van der Waals surface area (Å²) in [7, 11) is 1.86. The first kappa shape index (κ1) is 28.0. The van der Waals surface area contributed by atoms with E-state index in [-0.39, 0.29) is 42.3 Å². The lowest BCUT2D eigenvalue weighted by molar-refractivity contribution is -0.139. The fraction of sp³-hybridized carbons (Fsp3) is 0.607. The largest absolute Gasteiger partial charge is 0.406 e. The molecule has 1 amide bonds. The van der Waals surface area contributed by atoms with Crippen molar-refractivity contribution in [3.8, 4) is 11.5 Å². The number of rotatable bonds is 9. The number of amides is 1. The lowest BCUT2D eigenvalue weighted by Crippen LogP contribution is -2.46. The first-order chi connectivity index (χ1) is 19.6. The molecule has 1 aliphatic carbocycles. The van der Waals surface area contributed by atoms with Crippen molar-refractivity contribution in [2.24, 2.45) is 11.8 Å².